The van der Waals surface area contributed by atoms with E-state index in [4.69, 9.17) is 0 Å². The van der Waals surface area contributed by atoms with Gasteiger partial charge in [0.05, 0.1) is 5.56 Å². The minimum atomic E-state index is -1.20. The lowest BCUT2D eigenvalue weighted by atomic mass is 10.1. The summed E-state index contributed by atoms with van der Waals surface area (Å²) in [5.41, 5.74) is 0.154. The lowest BCUT2D eigenvalue weighted by Crippen LogP contribution is -2.24. The third-order valence-electron chi connectivity index (χ3n) is 2.54. The van der Waals surface area contributed by atoms with E-state index in [1.807, 2.05) is 0 Å². The Bertz CT molecular complexity index is 613. The number of carbonyl (C=O) groups excluding carboxylic acids is 1. The Balaban J connectivity index is 2.08. The smallest absolute Gasteiger partial charge is 0.254 e. The van der Waals surface area contributed by atoms with Gasteiger partial charge in [-0.1, -0.05) is 18.2 Å². The Morgan fingerprint density at radius 1 is 1.05 bits per heavy atom. The molecule has 0 aromatic heterocycles. The van der Waals surface area contributed by atoms with Crippen LogP contribution in [0.15, 0.2) is 42.5 Å². The second kappa shape index (κ2) is 5.56. The molecule has 0 spiro atoms. The van der Waals surface area contributed by atoms with Crippen molar-refractivity contribution in [1.29, 1.82) is 0 Å². The summed E-state index contributed by atoms with van der Waals surface area (Å²) in [5.74, 6) is -3.46. The van der Waals surface area contributed by atoms with Gasteiger partial charge in [0.1, 0.15) is 5.82 Å². The van der Waals surface area contributed by atoms with Gasteiger partial charge in [-0.3, -0.25) is 4.79 Å². The summed E-state index contributed by atoms with van der Waals surface area (Å²) in [4.78, 5) is 11.7. The summed E-state index contributed by atoms with van der Waals surface area (Å²) >= 11 is 0. The molecule has 0 atom stereocenters. The molecule has 0 aliphatic rings. The van der Waals surface area contributed by atoms with Crippen LogP contribution in [0.3, 0.4) is 0 Å². The Kier molecular flexibility index (Phi) is 3.85. The molecule has 19 heavy (non-hydrogen) atoms. The van der Waals surface area contributed by atoms with E-state index in [9.17, 15) is 18.0 Å². The van der Waals surface area contributed by atoms with Crippen molar-refractivity contribution in [3.8, 4) is 0 Å². The van der Waals surface area contributed by atoms with Gasteiger partial charge in [0.25, 0.3) is 5.91 Å². The summed E-state index contributed by atoms with van der Waals surface area (Å²) in [6, 6.07) is 9.00. The van der Waals surface area contributed by atoms with Crippen LogP contribution in [0, 0.1) is 17.5 Å². The molecule has 0 aliphatic carbocycles. The number of carbonyl (C=O) groups is 1. The first-order valence-electron chi connectivity index (χ1n) is 5.54. The van der Waals surface area contributed by atoms with Crippen LogP contribution >= 0.6 is 0 Å². The molecule has 1 N–H and O–H groups in total. The van der Waals surface area contributed by atoms with Crippen molar-refractivity contribution in [3.05, 3.63) is 71.0 Å². The fraction of sp³-hybridized carbons (Fsp3) is 0.0714. The molecule has 2 rings (SSSR count). The van der Waals surface area contributed by atoms with Gasteiger partial charge in [0.2, 0.25) is 0 Å². The van der Waals surface area contributed by atoms with Crippen LogP contribution in [-0.4, -0.2) is 5.91 Å². The molecule has 2 aromatic rings. The van der Waals surface area contributed by atoms with Gasteiger partial charge >= 0.3 is 0 Å². The average molecular weight is 265 g/mol. The van der Waals surface area contributed by atoms with Crippen molar-refractivity contribution in [2.24, 2.45) is 0 Å². The number of benzene rings is 2. The van der Waals surface area contributed by atoms with Gasteiger partial charge in [-0.2, -0.15) is 0 Å². The van der Waals surface area contributed by atoms with Gasteiger partial charge in [-0.05, 0) is 29.8 Å². The number of hydrogen-bond acceptors (Lipinski definition) is 1. The fourth-order valence-corrected chi connectivity index (χ4v) is 1.60. The maximum Gasteiger partial charge on any atom is 0.254 e. The van der Waals surface area contributed by atoms with Crippen LogP contribution in [0.1, 0.15) is 15.9 Å². The minimum Gasteiger partial charge on any atom is -0.348 e. The molecular weight excluding hydrogens is 255 g/mol. The first-order chi connectivity index (χ1) is 9.08. The first kappa shape index (κ1) is 13.1. The molecule has 0 aliphatic heterocycles. The molecule has 1 amide bonds. The summed E-state index contributed by atoms with van der Waals surface area (Å²) in [6.45, 7) is 0.0343. The predicted molar refractivity (Wildman–Crippen MR) is 63.9 cm³/mol. The zero-order valence-corrected chi connectivity index (χ0v) is 9.79. The van der Waals surface area contributed by atoms with E-state index >= 15 is 0 Å². The maximum absolute atomic E-state index is 13.3. The van der Waals surface area contributed by atoms with Gasteiger partial charge < -0.3 is 5.32 Å². The predicted octanol–water partition coefficient (Wildman–Crippen LogP) is 3.03. The van der Waals surface area contributed by atoms with Crippen LogP contribution in [0.2, 0.25) is 0 Å². The van der Waals surface area contributed by atoms with E-state index in [0.29, 0.717) is 5.56 Å². The van der Waals surface area contributed by atoms with E-state index in [1.54, 1.807) is 6.07 Å². The van der Waals surface area contributed by atoms with Gasteiger partial charge in [0, 0.05) is 6.54 Å². The second-order valence-electron chi connectivity index (χ2n) is 3.91. The zero-order valence-electron chi connectivity index (χ0n) is 9.79. The molecule has 0 fully saturated rings. The molecular formula is C14H10F3NO. The molecule has 0 heterocycles. The van der Waals surface area contributed by atoms with Crippen LogP contribution in [0.25, 0.3) is 0 Å². The molecule has 0 unspecified atom stereocenters. The highest BCUT2D eigenvalue weighted by molar-refractivity contribution is 5.94. The number of halogens is 3. The average Bonchev–Trinajstić information content (AvgIpc) is 2.39. The van der Waals surface area contributed by atoms with Crippen LogP contribution in [-0.2, 0) is 6.54 Å². The molecule has 2 aromatic carbocycles. The first-order valence-corrected chi connectivity index (χ1v) is 5.54. The topological polar surface area (TPSA) is 29.1 Å². The molecule has 0 radical (unpaired) electrons. The quantitative estimate of drug-likeness (QED) is 0.908. The SMILES string of the molecule is O=C(NCc1cccc(F)c1)c1cccc(F)c1F. The van der Waals surface area contributed by atoms with E-state index in [0.717, 1.165) is 6.07 Å². The zero-order chi connectivity index (χ0) is 13.8. The van der Waals surface area contributed by atoms with Crippen molar-refractivity contribution in [2.75, 3.05) is 0 Å². The monoisotopic (exact) mass is 265 g/mol. The van der Waals surface area contributed by atoms with Gasteiger partial charge in [-0.15, -0.1) is 0 Å². The lowest BCUT2D eigenvalue weighted by Gasteiger charge is -2.06. The summed E-state index contributed by atoms with van der Waals surface area (Å²) in [6.07, 6.45) is 0. The molecule has 5 heteroatoms. The third-order valence-corrected chi connectivity index (χ3v) is 2.54. The summed E-state index contributed by atoms with van der Waals surface area (Å²) in [5, 5.41) is 2.40. The Hall–Kier alpha value is -2.30. The summed E-state index contributed by atoms with van der Waals surface area (Å²) in [7, 11) is 0. The largest absolute Gasteiger partial charge is 0.348 e. The number of hydrogen-bond donors (Lipinski definition) is 1. The highest BCUT2D eigenvalue weighted by Crippen LogP contribution is 2.11. The normalized spacial score (nSPS) is 10.3. The van der Waals surface area contributed by atoms with Gasteiger partial charge in [-0.25, -0.2) is 13.2 Å². The Labute approximate surface area is 107 Å². The summed E-state index contributed by atoms with van der Waals surface area (Å²) < 4.78 is 39.2. The third kappa shape index (κ3) is 3.13. The van der Waals surface area contributed by atoms with Crippen molar-refractivity contribution >= 4 is 5.91 Å². The molecule has 98 valence electrons. The van der Waals surface area contributed by atoms with Crippen LogP contribution < -0.4 is 5.32 Å². The van der Waals surface area contributed by atoms with E-state index in [1.165, 1.54) is 30.3 Å². The van der Waals surface area contributed by atoms with Crippen LogP contribution in [0.4, 0.5) is 13.2 Å². The highest BCUT2D eigenvalue weighted by Gasteiger charge is 2.14. The maximum atomic E-state index is 13.3. The van der Waals surface area contributed by atoms with E-state index in [2.05, 4.69) is 5.32 Å². The number of rotatable bonds is 3. The fourth-order valence-electron chi connectivity index (χ4n) is 1.60. The molecule has 0 bridgehead atoms. The second-order valence-corrected chi connectivity index (χ2v) is 3.91. The van der Waals surface area contributed by atoms with Gasteiger partial charge in [0.15, 0.2) is 11.6 Å². The van der Waals surface area contributed by atoms with E-state index < -0.39 is 23.4 Å². The molecule has 2 nitrogen and oxygen atoms in total. The number of amides is 1. The van der Waals surface area contributed by atoms with Crippen molar-refractivity contribution in [2.45, 2.75) is 6.54 Å². The van der Waals surface area contributed by atoms with Crippen molar-refractivity contribution < 1.29 is 18.0 Å². The highest BCUT2D eigenvalue weighted by atomic mass is 19.2. The van der Waals surface area contributed by atoms with Crippen molar-refractivity contribution in [3.63, 3.8) is 0 Å². The Morgan fingerprint density at radius 3 is 2.53 bits per heavy atom. The minimum absolute atomic E-state index is 0.0343. The Morgan fingerprint density at radius 2 is 1.79 bits per heavy atom. The molecule has 0 saturated heterocycles. The standard InChI is InChI=1S/C14H10F3NO/c15-10-4-1-3-9(7-10)8-18-14(19)11-5-2-6-12(16)13(11)17/h1-7H,8H2,(H,18,19). The van der Waals surface area contributed by atoms with E-state index in [-0.39, 0.29) is 12.1 Å². The van der Waals surface area contributed by atoms with Crippen LogP contribution in [0.5, 0.6) is 0 Å². The van der Waals surface area contributed by atoms with Crippen molar-refractivity contribution in [1.82, 2.24) is 5.32 Å². The molecule has 0 saturated carbocycles. The number of nitrogens with one attached hydrogen (secondary N) is 1. The lowest BCUT2D eigenvalue weighted by molar-refractivity contribution is 0.0945.